The molecule has 0 aliphatic carbocycles. The second-order valence-corrected chi connectivity index (χ2v) is 5.08. The van der Waals surface area contributed by atoms with Crippen LogP contribution in [0.25, 0.3) is 0 Å². The van der Waals surface area contributed by atoms with Gasteiger partial charge >= 0.3 is 0 Å². The summed E-state index contributed by atoms with van der Waals surface area (Å²) in [4.78, 5) is 12.2. The van der Waals surface area contributed by atoms with Crippen LogP contribution in [0.15, 0.2) is 24.3 Å². The van der Waals surface area contributed by atoms with E-state index in [9.17, 15) is 9.90 Å². The van der Waals surface area contributed by atoms with E-state index in [2.05, 4.69) is 0 Å². The Hall–Kier alpha value is -1.06. The Morgan fingerprint density at radius 1 is 1.29 bits per heavy atom. The van der Waals surface area contributed by atoms with Crippen LogP contribution in [-0.2, 0) is 11.3 Å². The molecule has 4 heteroatoms. The number of nitrogens with one attached hydrogen (secondary N) is 1. The van der Waals surface area contributed by atoms with Crippen LogP contribution in [0.4, 0.5) is 0 Å². The summed E-state index contributed by atoms with van der Waals surface area (Å²) < 4.78 is 0. The third-order valence-electron chi connectivity index (χ3n) is 3.39. The number of quaternary nitrogens is 1. The number of rotatable bonds is 3. The van der Waals surface area contributed by atoms with Crippen molar-refractivity contribution in [2.75, 3.05) is 13.1 Å². The Balaban J connectivity index is 1.85. The lowest BCUT2D eigenvalue weighted by Gasteiger charge is -2.29. The maximum atomic E-state index is 10.7. The minimum Gasteiger partial charge on any atom is -0.550 e. The van der Waals surface area contributed by atoms with E-state index in [0.717, 1.165) is 37.5 Å². The van der Waals surface area contributed by atoms with E-state index >= 15 is 0 Å². The molecule has 0 saturated carbocycles. The van der Waals surface area contributed by atoms with Gasteiger partial charge in [0.15, 0.2) is 0 Å². The molecule has 3 nitrogen and oxygen atoms in total. The molecule has 92 valence electrons. The molecule has 1 N–H and O–H groups in total. The number of carbonyl (C=O) groups is 1. The normalized spacial score (nSPS) is 24.5. The number of carbonyl (C=O) groups excluding carboxylic acids is 1. The van der Waals surface area contributed by atoms with Gasteiger partial charge in [0.05, 0.1) is 13.1 Å². The molecule has 1 aromatic carbocycles. The number of benzene rings is 1. The van der Waals surface area contributed by atoms with E-state index in [0.29, 0.717) is 0 Å². The highest BCUT2D eigenvalue weighted by atomic mass is 35.5. The highest BCUT2D eigenvalue weighted by Crippen LogP contribution is 2.10. The molecule has 0 bridgehead atoms. The van der Waals surface area contributed by atoms with Crippen molar-refractivity contribution in [3.63, 3.8) is 0 Å². The van der Waals surface area contributed by atoms with Crippen molar-refractivity contribution in [3.8, 4) is 0 Å². The van der Waals surface area contributed by atoms with Gasteiger partial charge in [0.25, 0.3) is 0 Å². The fraction of sp³-hybridized carbons (Fsp3) is 0.462. The van der Waals surface area contributed by atoms with E-state index in [1.54, 1.807) is 0 Å². The highest BCUT2D eigenvalue weighted by molar-refractivity contribution is 6.30. The van der Waals surface area contributed by atoms with E-state index in [1.165, 1.54) is 10.5 Å². The topological polar surface area (TPSA) is 44.6 Å². The summed E-state index contributed by atoms with van der Waals surface area (Å²) >= 11 is 5.83. The first-order valence-corrected chi connectivity index (χ1v) is 6.32. The van der Waals surface area contributed by atoms with Crippen molar-refractivity contribution < 1.29 is 14.8 Å². The fourth-order valence-corrected chi connectivity index (χ4v) is 2.46. The Morgan fingerprint density at radius 3 is 2.41 bits per heavy atom. The van der Waals surface area contributed by atoms with Crippen molar-refractivity contribution in [3.05, 3.63) is 34.9 Å². The summed E-state index contributed by atoms with van der Waals surface area (Å²) in [5.41, 5.74) is 1.25. The second-order valence-electron chi connectivity index (χ2n) is 4.65. The molecule has 1 heterocycles. The monoisotopic (exact) mass is 253 g/mol. The average molecular weight is 254 g/mol. The van der Waals surface area contributed by atoms with E-state index in [4.69, 9.17) is 11.6 Å². The number of carboxylic acids is 1. The van der Waals surface area contributed by atoms with Crippen molar-refractivity contribution in [1.82, 2.24) is 0 Å². The van der Waals surface area contributed by atoms with E-state index in [1.807, 2.05) is 24.3 Å². The van der Waals surface area contributed by atoms with Crippen molar-refractivity contribution in [2.45, 2.75) is 19.4 Å². The van der Waals surface area contributed by atoms with Gasteiger partial charge in [-0.2, -0.15) is 0 Å². The smallest absolute Gasteiger partial charge is 0.103 e. The molecular formula is C13H16ClNO2. The van der Waals surface area contributed by atoms with Crippen LogP contribution in [0, 0.1) is 5.92 Å². The molecule has 17 heavy (non-hydrogen) atoms. The molecule has 1 fully saturated rings. The molecule has 0 unspecified atom stereocenters. The molecule has 0 atom stereocenters. The van der Waals surface area contributed by atoms with Gasteiger partial charge in [0.2, 0.25) is 0 Å². The van der Waals surface area contributed by atoms with Crippen molar-refractivity contribution in [1.29, 1.82) is 0 Å². The lowest BCUT2D eigenvalue weighted by Crippen LogP contribution is -3.11. The lowest BCUT2D eigenvalue weighted by atomic mass is 9.97. The average Bonchev–Trinajstić information content (AvgIpc) is 2.33. The lowest BCUT2D eigenvalue weighted by molar-refractivity contribution is -0.919. The third kappa shape index (κ3) is 3.45. The third-order valence-corrected chi connectivity index (χ3v) is 3.65. The first-order valence-electron chi connectivity index (χ1n) is 5.94. The number of likely N-dealkylation sites (tertiary alicyclic amines) is 1. The SMILES string of the molecule is O=C([O-])C1CC[NH+](Cc2ccc(Cl)cc2)CC1. The van der Waals surface area contributed by atoms with Crippen LogP contribution < -0.4 is 10.0 Å². The number of halogens is 1. The number of carboxylic acid groups (broad SMARTS) is 1. The van der Waals surface area contributed by atoms with Gasteiger partial charge in [0.1, 0.15) is 6.54 Å². The number of aliphatic carboxylic acids is 1. The zero-order valence-corrected chi connectivity index (χ0v) is 10.4. The van der Waals surface area contributed by atoms with Crippen molar-refractivity contribution >= 4 is 17.6 Å². The first kappa shape index (κ1) is 12.4. The predicted molar refractivity (Wildman–Crippen MR) is 63.6 cm³/mol. The van der Waals surface area contributed by atoms with Gasteiger partial charge < -0.3 is 14.8 Å². The largest absolute Gasteiger partial charge is 0.550 e. The Bertz CT molecular complexity index is 383. The van der Waals surface area contributed by atoms with Gasteiger partial charge in [-0.25, -0.2) is 0 Å². The molecule has 0 radical (unpaired) electrons. The minimum absolute atomic E-state index is 0.246. The van der Waals surface area contributed by atoms with Gasteiger partial charge in [-0.15, -0.1) is 0 Å². The maximum Gasteiger partial charge on any atom is 0.103 e. The predicted octanol–water partition coefficient (Wildman–Crippen LogP) is -0.115. The molecule has 2 rings (SSSR count). The molecule has 0 spiro atoms. The summed E-state index contributed by atoms with van der Waals surface area (Å²) in [5.74, 6) is -1.14. The summed E-state index contributed by atoms with van der Waals surface area (Å²) in [6, 6.07) is 7.84. The molecule has 1 aromatic rings. The van der Waals surface area contributed by atoms with Gasteiger partial charge in [0, 0.05) is 35.3 Å². The summed E-state index contributed by atoms with van der Waals surface area (Å²) in [5, 5.41) is 11.5. The van der Waals surface area contributed by atoms with E-state index < -0.39 is 5.97 Å². The molecule has 0 aromatic heterocycles. The molecule has 0 amide bonds. The van der Waals surface area contributed by atoms with Crippen LogP contribution in [0.2, 0.25) is 5.02 Å². The quantitative estimate of drug-likeness (QED) is 0.817. The first-order chi connectivity index (χ1) is 8.15. The standard InChI is InChI=1S/C13H16ClNO2/c14-12-3-1-10(2-4-12)9-15-7-5-11(6-8-15)13(16)17/h1-4,11H,5-9H2,(H,16,17). The Kier molecular flexibility index (Phi) is 4.02. The van der Waals surface area contributed by atoms with E-state index in [-0.39, 0.29) is 5.92 Å². The fourth-order valence-electron chi connectivity index (χ4n) is 2.33. The van der Waals surface area contributed by atoms with Crippen LogP contribution in [0.1, 0.15) is 18.4 Å². The molecule has 1 aliphatic heterocycles. The summed E-state index contributed by atoms with van der Waals surface area (Å²) in [6.45, 7) is 2.75. The van der Waals surface area contributed by atoms with Crippen molar-refractivity contribution in [2.24, 2.45) is 5.92 Å². The minimum atomic E-state index is -0.893. The highest BCUT2D eigenvalue weighted by Gasteiger charge is 2.22. The maximum absolute atomic E-state index is 10.7. The van der Waals surface area contributed by atoms with Gasteiger partial charge in [-0.05, 0) is 12.1 Å². The Morgan fingerprint density at radius 2 is 1.88 bits per heavy atom. The zero-order chi connectivity index (χ0) is 12.3. The Labute approximate surface area is 106 Å². The van der Waals surface area contributed by atoms with Crippen LogP contribution >= 0.6 is 11.6 Å². The van der Waals surface area contributed by atoms with Crippen LogP contribution in [0.5, 0.6) is 0 Å². The number of hydrogen-bond acceptors (Lipinski definition) is 2. The second kappa shape index (κ2) is 5.52. The van der Waals surface area contributed by atoms with Gasteiger partial charge in [-0.3, -0.25) is 0 Å². The molecule has 1 saturated heterocycles. The van der Waals surface area contributed by atoms with Gasteiger partial charge in [-0.1, -0.05) is 23.7 Å². The summed E-state index contributed by atoms with van der Waals surface area (Å²) in [6.07, 6.45) is 1.45. The van der Waals surface area contributed by atoms with Crippen LogP contribution in [-0.4, -0.2) is 19.1 Å². The zero-order valence-electron chi connectivity index (χ0n) is 9.62. The summed E-state index contributed by atoms with van der Waals surface area (Å²) in [7, 11) is 0. The van der Waals surface area contributed by atoms with Crippen LogP contribution in [0.3, 0.4) is 0 Å². The molecule has 1 aliphatic rings. The molecular weight excluding hydrogens is 238 g/mol. The number of piperidine rings is 1. The number of hydrogen-bond donors (Lipinski definition) is 1.